The molecule has 2 rings (SSSR count). The van der Waals surface area contributed by atoms with Crippen LogP contribution in [0.15, 0.2) is 4.52 Å². The highest BCUT2D eigenvalue weighted by atomic mass is 16.5. The minimum Gasteiger partial charge on any atom is -0.339 e. The molecule has 1 aliphatic carbocycles. The molecule has 0 saturated heterocycles. The van der Waals surface area contributed by atoms with E-state index in [0.717, 1.165) is 30.6 Å². The Morgan fingerprint density at radius 3 is 2.62 bits per heavy atom. The van der Waals surface area contributed by atoms with E-state index in [1.165, 1.54) is 25.7 Å². The Balaban J connectivity index is 1.90. The number of aromatic nitrogens is 2. The van der Waals surface area contributed by atoms with E-state index in [9.17, 15) is 0 Å². The van der Waals surface area contributed by atoms with E-state index in [-0.39, 0.29) is 0 Å². The third kappa shape index (κ3) is 4.80. The lowest BCUT2D eigenvalue weighted by Gasteiger charge is -2.40. The maximum absolute atomic E-state index is 5.31. The van der Waals surface area contributed by atoms with Gasteiger partial charge >= 0.3 is 0 Å². The van der Waals surface area contributed by atoms with Gasteiger partial charge in [0.1, 0.15) is 0 Å². The first kappa shape index (κ1) is 16.5. The van der Waals surface area contributed by atoms with Crippen LogP contribution in [0.1, 0.15) is 72.0 Å². The van der Waals surface area contributed by atoms with E-state index >= 15 is 0 Å². The molecular formula is C17H31N3O. The molecule has 1 aliphatic rings. The van der Waals surface area contributed by atoms with Crippen LogP contribution in [0.2, 0.25) is 0 Å². The van der Waals surface area contributed by atoms with Crippen LogP contribution in [0.5, 0.6) is 0 Å². The average molecular weight is 293 g/mol. The predicted octanol–water partition coefficient (Wildman–Crippen LogP) is 3.96. The van der Waals surface area contributed by atoms with Crippen molar-refractivity contribution >= 4 is 0 Å². The van der Waals surface area contributed by atoms with Gasteiger partial charge in [-0.3, -0.25) is 0 Å². The standard InChI is InChI=1S/C17H31N3O/c1-12(2)10-16-19-15(20-21-16)11-18-14-9-7-6-8-13(14)17(3,4)5/h12-14,18H,6-11H2,1-5H3. The van der Waals surface area contributed by atoms with Crippen LogP contribution in [0.25, 0.3) is 0 Å². The van der Waals surface area contributed by atoms with Crippen molar-refractivity contribution in [2.24, 2.45) is 17.3 Å². The molecule has 0 aliphatic heterocycles. The lowest BCUT2D eigenvalue weighted by molar-refractivity contribution is 0.129. The molecule has 0 amide bonds. The highest BCUT2D eigenvalue weighted by Crippen LogP contribution is 2.38. The van der Waals surface area contributed by atoms with Crippen LogP contribution in [0, 0.1) is 17.3 Å². The van der Waals surface area contributed by atoms with Crippen molar-refractivity contribution < 1.29 is 4.52 Å². The van der Waals surface area contributed by atoms with Crippen LogP contribution >= 0.6 is 0 Å². The second-order valence-electron chi connectivity index (χ2n) is 7.95. The van der Waals surface area contributed by atoms with Gasteiger partial charge in [0.2, 0.25) is 5.89 Å². The molecule has 4 nitrogen and oxygen atoms in total. The van der Waals surface area contributed by atoms with Gasteiger partial charge in [-0.15, -0.1) is 0 Å². The number of nitrogens with one attached hydrogen (secondary N) is 1. The van der Waals surface area contributed by atoms with Gasteiger partial charge in [-0.25, -0.2) is 0 Å². The Bertz CT molecular complexity index is 433. The third-order valence-corrected chi connectivity index (χ3v) is 4.49. The van der Waals surface area contributed by atoms with Gasteiger partial charge in [0.05, 0.1) is 6.54 Å². The molecule has 1 heterocycles. The summed E-state index contributed by atoms with van der Waals surface area (Å²) >= 11 is 0. The summed E-state index contributed by atoms with van der Waals surface area (Å²) in [7, 11) is 0. The Labute approximate surface area is 129 Å². The summed E-state index contributed by atoms with van der Waals surface area (Å²) in [5.41, 5.74) is 0.359. The normalized spacial score (nSPS) is 23.7. The summed E-state index contributed by atoms with van der Waals surface area (Å²) < 4.78 is 5.31. The fraction of sp³-hybridized carbons (Fsp3) is 0.882. The second-order valence-corrected chi connectivity index (χ2v) is 7.95. The van der Waals surface area contributed by atoms with Gasteiger partial charge in [0.15, 0.2) is 5.82 Å². The van der Waals surface area contributed by atoms with Gasteiger partial charge in [-0.05, 0) is 30.1 Å². The van der Waals surface area contributed by atoms with Gasteiger partial charge in [0, 0.05) is 12.5 Å². The molecule has 2 unspecified atom stereocenters. The van der Waals surface area contributed by atoms with E-state index in [1.54, 1.807) is 0 Å². The number of nitrogens with zero attached hydrogens (tertiary/aromatic N) is 2. The number of rotatable bonds is 5. The molecule has 1 aromatic rings. The fourth-order valence-corrected chi connectivity index (χ4v) is 3.43. The monoisotopic (exact) mass is 293 g/mol. The molecule has 0 bridgehead atoms. The van der Waals surface area contributed by atoms with Crippen LogP contribution < -0.4 is 5.32 Å². The lowest BCUT2D eigenvalue weighted by atomic mass is 9.69. The molecular weight excluding hydrogens is 262 g/mol. The zero-order chi connectivity index (χ0) is 15.5. The summed E-state index contributed by atoms with van der Waals surface area (Å²) in [6.45, 7) is 12.1. The van der Waals surface area contributed by atoms with Crippen molar-refractivity contribution in [1.82, 2.24) is 15.5 Å². The van der Waals surface area contributed by atoms with E-state index in [0.29, 0.717) is 17.4 Å². The van der Waals surface area contributed by atoms with Gasteiger partial charge in [-0.2, -0.15) is 4.98 Å². The summed E-state index contributed by atoms with van der Waals surface area (Å²) in [5, 5.41) is 7.77. The summed E-state index contributed by atoms with van der Waals surface area (Å²) in [6, 6.07) is 0.575. The summed E-state index contributed by atoms with van der Waals surface area (Å²) in [4.78, 5) is 4.48. The smallest absolute Gasteiger partial charge is 0.226 e. The van der Waals surface area contributed by atoms with Crippen LogP contribution in [0.3, 0.4) is 0 Å². The third-order valence-electron chi connectivity index (χ3n) is 4.49. The molecule has 2 atom stereocenters. The first-order valence-corrected chi connectivity index (χ1v) is 8.41. The van der Waals surface area contributed by atoms with Gasteiger partial charge in [0.25, 0.3) is 0 Å². The minimum absolute atomic E-state index is 0.359. The van der Waals surface area contributed by atoms with Gasteiger partial charge in [-0.1, -0.05) is 52.6 Å². The van der Waals surface area contributed by atoms with Crippen molar-refractivity contribution in [3.8, 4) is 0 Å². The maximum atomic E-state index is 5.31. The Morgan fingerprint density at radius 2 is 1.95 bits per heavy atom. The molecule has 1 aromatic heterocycles. The quantitative estimate of drug-likeness (QED) is 0.892. The fourth-order valence-electron chi connectivity index (χ4n) is 3.43. The van der Waals surface area contributed by atoms with E-state index < -0.39 is 0 Å². The lowest BCUT2D eigenvalue weighted by Crippen LogP contribution is -2.44. The van der Waals surface area contributed by atoms with Gasteiger partial charge < -0.3 is 9.84 Å². The van der Waals surface area contributed by atoms with Crippen LogP contribution in [0.4, 0.5) is 0 Å². The largest absolute Gasteiger partial charge is 0.339 e. The molecule has 21 heavy (non-hydrogen) atoms. The van der Waals surface area contributed by atoms with Crippen molar-refractivity contribution in [3.05, 3.63) is 11.7 Å². The van der Waals surface area contributed by atoms with E-state index in [4.69, 9.17) is 4.52 Å². The Kier molecular flexibility index (Phi) is 5.42. The Hall–Kier alpha value is -0.900. The highest BCUT2D eigenvalue weighted by Gasteiger charge is 2.33. The van der Waals surface area contributed by atoms with Crippen LogP contribution in [-0.2, 0) is 13.0 Å². The SMILES string of the molecule is CC(C)Cc1nc(CNC2CCCCC2C(C)(C)C)no1. The van der Waals surface area contributed by atoms with E-state index in [2.05, 4.69) is 50.1 Å². The highest BCUT2D eigenvalue weighted by molar-refractivity contribution is 4.91. The maximum Gasteiger partial charge on any atom is 0.226 e. The van der Waals surface area contributed by atoms with Crippen molar-refractivity contribution in [2.45, 2.75) is 79.3 Å². The molecule has 1 fully saturated rings. The first-order valence-electron chi connectivity index (χ1n) is 8.41. The Morgan fingerprint density at radius 1 is 1.24 bits per heavy atom. The van der Waals surface area contributed by atoms with Crippen LogP contribution in [-0.4, -0.2) is 16.2 Å². The predicted molar refractivity (Wildman–Crippen MR) is 84.9 cm³/mol. The molecule has 4 heteroatoms. The van der Waals surface area contributed by atoms with Crippen molar-refractivity contribution in [2.75, 3.05) is 0 Å². The summed E-state index contributed by atoms with van der Waals surface area (Å²) in [5.74, 6) is 2.84. The number of hydrogen-bond acceptors (Lipinski definition) is 4. The molecule has 1 N–H and O–H groups in total. The second kappa shape index (κ2) is 6.91. The van der Waals surface area contributed by atoms with E-state index in [1.807, 2.05) is 0 Å². The first-order chi connectivity index (χ1) is 9.86. The molecule has 0 radical (unpaired) electrons. The minimum atomic E-state index is 0.359. The molecule has 0 aromatic carbocycles. The van der Waals surface area contributed by atoms with Crippen molar-refractivity contribution in [3.63, 3.8) is 0 Å². The topological polar surface area (TPSA) is 51.0 Å². The molecule has 120 valence electrons. The molecule has 1 saturated carbocycles. The number of hydrogen-bond donors (Lipinski definition) is 1. The average Bonchev–Trinajstić information content (AvgIpc) is 2.82. The zero-order valence-electron chi connectivity index (χ0n) is 14.3. The molecule has 0 spiro atoms. The summed E-state index contributed by atoms with van der Waals surface area (Å²) in [6.07, 6.45) is 6.14. The zero-order valence-corrected chi connectivity index (χ0v) is 14.3. The van der Waals surface area contributed by atoms with Crippen molar-refractivity contribution in [1.29, 1.82) is 0 Å².